The van der Waals surface area contributed by atoms with E-state index in [0.29, 0.717) is 5.52 Å². The Balaban J connectivity index is 2.89. The minimum atomic E-state index is -4.23. The number of aromatic nitrogens is 2. The van der Waals surface area contributed by atoms with Crippen molar-refractivity contribution >= 4 is 21.2 Å². The lowest BCUT2D eigenvalue weighted by Gasteiger charge is -2.02. The fourth-order valence-corrected chi connectivity index (χ4v) is 2.57. The lowest BCUT2D eigenvalue weighted by atomic mass is 10.3. The average molecular weight is 241 g/mol. The summed E-state index contributed by atoms with van der Waals surface area (Å²) in [5, 5.41) is -0.177. The first kappa shape index (κ1) is 11.1. The number of para-hydroxylation sites is 2. The first-order chi connectivity index (χ1) is 7.41. The monoisotopic (exact) mass is 241 g/mol. The molecule has 2 rings (SSSR count). The molecule has 2 aromatic rings. The van der Waals surface area contributed by atoms with E-state index in [1.54, 1.807) is 22.8 Å². The van der Waals surface area contributed by atoms with Crippen LogP contribution in [0.5, 0.6) is 0 Å². The van der Waals surface area contributed by atoms with Gasteiger partial charge in [0, 0.05) is 0 Å². The Morgan fingerprint density at radius 3 is 2.50 bits per heavy atom. The second kappa shape index (κ2) is 3.57. The number of H-pyrrole nitrogens is 1. The SMILES string of the molecule is CC(C)[n+]1c(S(=O)(=O)O)[nH]c2ccccc21. The van der Waals surface area contributed by atoms with Gasteiger partial charge in [0.2, 0.25) is 0 Å². The molecule has 0 saturated heterocycles. The minimum Gasteiger partial charge on any atom is -0.276 e. The lowest BCUT2D eigenvalue weighted by Crippen LogP contribution is -2.40. The molecule has 86 valence electrons. The Morgan fingerprint density at radius 2 is 1.94 bits per heavy atom. The summed E-state index contributed by atoms with van der Waals surface area (Å²) in [5.74, 6) is 0. The minimum absolute atomic E-state index is 0.0620. The van der Waals surface area contributed by atoms with E-state index in [-0.39, 0.29) is 11.2 Å². The number of nitrogens with one attached hydrogen (secondary N) is 1. The molecule has 1 heterocycles. The quantitative estimate of drug-likeness (QED) is 0.614. The fraction of sp³-hybridized carbons (Fsp3) is 0.300. The summed E-state index contributed by atoms with van der Waals surface area (Å²) >= 11 is 0. The van der Waals surface area contributed by atoms with Crippen LogP contribution < -0.4 is 4.57 Å². The number of nitrogens with zero attached hydrogens (tertiary/aromatic N) is 1. The smallest absolute Gasteiger partial charge is 0.276 e. The molecule has 16 heavy (non-hydrogen) atoms. The van der Waals surface area contributed by atoms with Gasteiger partial charge in [-0.2, -0.15) is 8.42 Å². The third-order valence-corrected chi connectivity index (χ3v) is 3.17. The van der Waals surface area contributed by atoms with Crippen LogP contribution in [0.1, 0.15) is 19.9 Å². The summed E-state index contributed by atoms with van der Waals surface area (Å²) in [5.41, 5.74) is 1.44. The Kier molecular flexibility index (Phi) is 2.47. The molecule has 2 N–H and O–H groups in total. The van der Waals surface area contributed by atoms with Gasteiger partial charge in [-0.15, -0.1) is 0 Å². The molecule has 0 amide bonds. The topological polar surface area (TPSA) is 74.0 Å². The van der Waals surface area contributed by atoms with Crippen molar-refractivity contribution in [1.29, 1.82) is 0 Å². The zero-order chi connectivity index (χ0) is 11.9. The fourth-order valence-electron chi connectivity index (χ4n) is 1.78. The predicted octanol–water partition coefficient (Wildman–Crippen LogP) is 1.28. The maximum atomic E-state index is 11.2. The molecule has 0 spiro atoms. The molecule has 0 aliphatic carbocycles. The normalized spacial score (nSPS) is 12.5. The van der Waals surface area contributed by atoms with E-state index in [2.05, 4.69) is 4.98 Å². The van der Waals surface area contributed by atoms with E-state index in [1.165, 1.54) is 0 Å². The molecule has 0 radical (unpaired) electrons. The Morgan fingerprint density at radius 1 is 1.31 bits per heavy atom. The number of aromatic amines is 1. The van der Waals surface area contributed by atoms with Crippen LogP contribution in [0, 0.1) is 0 Å². The molecule has 0 aliphatic rings. The second-order valence-electron chi connectivity index (χ2n) is 3.89. The Labute approximate surface area is 93.5 Å². The van der Waals surface area contributed by atoms with Gasteiger partial charge in [-0.25, -0.2) is 9.55 Å². The summed E-state index contributed by atoms with van der Waals surface area (Å²) in [7, 11) is -4.23. The van der Waals surface area contributed by atoms with Crippen molar-refractivity contribution in [3.63, 3.8) is 0 Å². The van der Waals surface area contributed by atoms with Crippen molar-refractivity contribution in [3.8, 4) is 0 Å². The molecular weight excluding hydrogens is 228 g/mol. The standard InChI is InChI=1S/C10H12N2O3S/c1-7(2)12-9-6-4-3-5-8(9)11-10(12)16(13,14)15/h3-7H,1-2H3,(H,13,14,15)/p+1. The molecule has 1 aromatic heterocycles. The highest BCUT2D eigenvalue weighted by Crippen LogP contribution is 2.14. The van der Waals surface area contributed by atoms with Crippen molar-refractivity contribution in [2.75, 3.05) is 0 Å². The molecule has 0 bridgehead atoms. The Bertz CT molecular complexity index is 629. The van der Waals surface area contributed by atoms with Gasteiger partial charge in [0.15, 0.2) is 11.0 Å². The van der Waals surface area contributed by atoms with Gasteiger partial charge in [0.25, 0.3) is 0 Å². The molecular formula is C10H13N2O3S+. The predicted molar refractivity (Wildman–Crippen MR) is 58.7 cm³/mol. The van der Waals surface area contributed by atoms with Gasteiger partial charge < -0.3 is 0 Å². The van der Waals surface area contributed by atoms with Crippen LogP contribution in [0.3, 0.4) is 0 Å². The highest BCUT2D eigenvalue weighted by Gasteiger charge is 2.30. The van der Waals surface area contributed by atoms with E-state index in [9.17, 15) is 8.42 Å². The summed E-state index contributed by atoms with van der Waals surface area (Å²) < 4.78 is 33.2. The molecule has 5 nitrogen and oxygen atoms in total. The zero-order valence-corrected chi connectivity index (χ0v) is 9.82. The highest BCUT2D eigenvalue weighted by atomic mass is 32.2. The van der Waals surface area contributed by atoms with Crippen LogP contribution >= 0.6 is 0 Å². The maximum Gasteiger partial charge on any atom is 0.401 e. The van der Waals surface area contributed by atoms with Crippen molar-refractivity contribution in [2.24, 2.45) is 0 Å². The van der Waals surface area contributed by atoms with Crippen LogP contribution in [0.15, 0.2) is 29.4 Å². The van der Waals surface area contributed by atoms with E-state index in [0.717, 1.165) is 5.52 Å². The van der Waals surface area contributed by atoms with Crippen LogP contribution in [0.25, 0.3) is 11.0 Å². The van der Waals surface area contributed by atoms with Gasteiger partial charge in [0.05, 0.1) is 6.04 Å². The molecule has 0 unspecified atom stereocenters. The van der Waals surface area contributed by atoms with Crippen molar-refractivity contribution in [3.05, 3.63) is 24.3 Å². The molecule has 6 heteroatoms. The van der Waals surface area contributed by atoms with E-state index in [1.807, 2.05) is 19.9 Å². The summed E-state index contributed by atoms with van der Waals surface area (Å²) in [6, 6.07) is 7.14. The van der Waals surface area contributed by atoms with E-state index >= 15 is 0 Å². The van der Waals surface area contributed by atoms with Crippen molar-refractivity contribution in [1.82, 2.24) is 4.98 Å². The highest BCUT2D eigenvalue weighted by molar-refractivity contribution is 7.85. The lowest BCUT2D eigenvalue weighted by molar-refractivity contribution is -0.728. The van der Waals surface area contributed by atoms with Gasteiger partial charge in [-0.05, 0) is 26.0 Å². The van der Waals surface area contributed by atoms with Gasteiger partial charge in [-0.1, -0.05) is 12.1 Å². The van der Waals surface area contributed by atoms with Gasteiger partial charge in [-0.3, -0.25) is 4.55 Å². The van der Waals surface area contributed by atoms with Crippen molar-refractivity contribution in [2.45, 2.75) is 25.0 Å². The third kappa shape index (κ3) is 1.70. The first-order valence-electron chi connectivity index (χ1n) is 4.91. The molecule has 0 saturated carbocycles. The molecule has 1 aromatic carbocycles. The molecule has 0 aliphatic heterocycles. The average Bonchev–Trinajstić information content (AvgIpc) is 2.55. The number of imidazole rings is 1. The van der Waals surface area contributed by atoms with Crippen LogP contribution in [-0.4, -0.2) is 18.0 Å². The summed E-state index contributed by atoms with van der Waals surface area (Å²) in [6.07, 6.45) is 0. The first-order valence-corrected chi connectivity index (χ1v) is 6.35. The second-order valence-corrected chi connectivity index (χ2v) is 5.22. The van der Waals surface area contributed by atoms with E-state index < -0.39 is 10.1 Å². The molecule has 0 atom stereocenters. The number of benzene rings is 1. The number of hydrogen-bond acceptors (Lipinski definition) is 2. The van der Waals surface area contributed by atoms with Gasteiger partial charge in [0.1, 0.15) is 0 Å². The zero-order valence-electron chi connectivity index (χ0n) is 9.01. The largest absolute Gasteiger partial charge is 0.401 e. The van der Waals surface area contributed by atoms with Crippen LogP contribution in [0.4, 0.5) is 0 Å². The maximum absolute atomic E-state index is 11.2. The molecule has 0 fully saturated rings. The van der Waals surface area contributed by atoms with Gasteiger partial charge >= 0.3 is 15.3 Å². The van der Waals surface area contributed by atoms with Crippen LogP contribution in [-0.2, 0) is 10.1 Å². The number of hydrogen-bond donors (Lipinski definition) is 2. The third-order valence-electron chi connectivity index (χ3n) is 2.38. The van der Waals surface area contributed by atoms with Crippen LogP contribution in [0.2, 0.25) is 0 Å². The number of fused-ring (bicyclic) bond motifs is 1. The number of rotatable bonds is 2. The summed E-state index contributed by atoms with van der Waals surface area (Å²) in [4.78, 5) is 2.71. The van der Waals surface area contributed by atoms with Crippen molar-refractivity contribution < 1.29 is 17.5 Å². The Hall–Kier alpha value is -1.40. The van der Waals surface area contributed by atoms with E-state index in [4.69, 9.17) is 4.55 Å². The summed E-state index contributed by atoms with van der Waals surface area (Å²) in [6.45, 7) is 3.71.